The van der Waals surface area contributed by atoms with Gasteiger partial charge in [-0.1, -0.05) is 11.8 Å². The number of piperazine rings is 1. The van der Waals surface area contributed by atoms with Crippen LogP contribution in [0.4, 0.5) is 11.5 Å². The van der Waals surface area contributed by atoms with Crippen molar-refractivity contribution in [2.24, 2.45) is 7.05 Å². The van der Waals surface area contributed by atoms with E-state index in [9.17, 15) is 4.79 Å². The summed E-state index contributed by atoms with van der Waals surface area (Å²) in [5.74, 6) is 0.826. The summed E-state index contributed by atoms with van der Waals surface area (Å²) in [7, 11) is 1.84. The van der Waals surface area contributed by atoms with E-state index in [2.05, 4.69) is 20.1 Å². The van der Waals surface area contributed by atoms with Gasteiger partial charge in [-0.15, -0.1) is 11.3 Å². The monoisotopic (exact) mass is 361 g/mol. The van der Waals surface area contributed by atoms with Crippen LogP contribution in [-0.4, -0.2) is 56.5 Å². The van der Waals surface area contributed by atoms with E-state index in [-0.39, 0.29) is 12.5 Å². The number of hydrogen-bond acceptors (Lipinski definition) is 8. The minimum Gasteiger partial charge on any atom is -0.344 e. The molecule has 1 amide bonds. The first kappa shape index (κ1) is 15.3. The van der Waals surface area contributed by atoms with Crippen molar-refractivity contribution in [2.45, 2.75) is 4.34 Å². The molecule has 1 aliphatic heterocycles. The molecule has 0 spiro atoms. The van der Waals surface area contributed by atoms with Crippen LogP contribution >= 0.6 is 23.1 Å². The van der Waals surface area contributed by atoms with Crippen LogP contribution in [0.1, 0.15) is 0 Å². The molecule has 3 aromatic heterocycles. The van der Waals surface area contributed by atoms with Crippen molar-refractivity contribution >= 4 is 50.9 Å². The first-order valence-electron chi connectivity index (χ1n) is 7.35. The topological polar surface area (TPSA) is 80.0 Å². The number of carbonyl (C=O) groups is 1. The lowest BCUT2D eigenvalue weighted by Crippen LogP contribution is -2.50. The summed E-state index contributed by atoms with van der Waals surface area (Å²) in [5, 5.41) is 4.14. The third kappa shape index (κ3) is 2.61. The van der Waals surface area contributed by atoms with Gasteiger partial charge in [0.15, 0.2) is 15.8 Å². The summed E-state index contributed by atoms with van der Waals surface area (Å²) < 4.78 is 3.58. The number of aryl methyl sites for hydroxylation is 1. The van der Waals surface area contributed by atoms with Crippen LogP contribution < -0.4 is 9.80 Å². The quantitative estimate of drug-likeness (QED) is 0.652. The fraction of sp³-hybridized carbons (Fsp3) is 0.357. The van der Waals surface area contributed by atoms with Crippen LogP contribution in [0, 0.1) is 0 Å². The molecule has 1 saturated heterocycles. The molecule has 0 bridgehead atoms. The maximum Gasteiger partial charge on any atom is 0.246 e. The SMILES string of the molecule is CSc1nc2ncnc(N3CCN(c4cnn(C)c4)C(=O)C3)c2s1. The van der Waals surface area contributed by atoms with E-state index in [1.165, 1.54) is 6.33 Å². The fourth-order valence-corrected chi connectivity index (χ4v) is 4.24. The Balaban J connectivity index is 1.61. The predicted octanol–water partition coefficient (Wildman–Crippen LogP) is 1.39. The maximum absolute atomic E-state index is 12.6. The first-order valence-corrected chi connectivity index (χ1v) is 9.39. The number of rotatable bonds is 3. The van der Waals surface area contributed by atoms with Gasteiger partial charge >= 0.3 is 0 Å². The van der Waals surface area contributed by atoms with E-state index in [1.54, 1.807) is 38.9 Å². The molecule has 4 heterocycles. The highest BCUT2D eigenvalue weighted by atomic mass is 32.2. The zero-order valence-electron chi connectivity index (χ0n) is 13.2. The van der Waals surface area contributed by atoms with Crippen molar-refractivity contribution in [2.75, 3.05) is 35.7 Å². The normalized spacial score (nSPS) is 15.5. The zero-order chi connectivity index (χ0) is 16.7. The standard InChI is InChI=1S/C14H15N7OS2/c1-19-6-9(5-17-19)21-4-3-20(7-10(21)22)13-11-12(15-8-16-13)18-14(23-2)24-11/h5-6,8H,3-4,7H2,1-2H3. The third-order valence-electron chi connectivity index (χ3n) is 3.85. The average Bonchev–Trinajstić information content (AvgIpc) is 3.20. The first-order chi connectivity index (χ1) is 11.7. The van der Waals surface area contributed by atoms with Crippen LogP contribution in [0.25, 0.3) is 10.3 Å². The molecule has 0 N–H and O–H groups in total. The smallest absolute Gasteiger partial charge is 0.246 e. The number of aromatic nitrogens is 5. The largest absolute Gasteiger partial charge is 0.344 e. The van der Waals surface area contributed by atoms with E-state index in [0.29, 0.717) is 18.7 Å². The molecule has 3 aromatic rings. The van der Waals surface area contributed by atoms with Crippen LogP contribution in [0.2, 0.25) is 0 Å². The van der Waals surface area contributed by atoms with Gasteiger partial charge in [-0.2, -0.15) is 5.10 Å². The van der Waals surface area contributed by atoms with E-state index >= 15 is 0 Å². The lowest BCUT2D eigenvalue weighted by Gasteiger charge is -2.34. The summed E-state index contributed by atoms with van der Waals surface area (Å²) >= 11 is 3.15. The molecular formula is C14H15N7OS2. The number of hydrogen-bond donors (Lipinski definition) is 0. The number of thiazole rings is 1. The second-order valence-electron chi connectivity index (χ2n) is 5.37. The number of amides is 1. The van der Waals surface area contributed by atoms with Crippen molar-refractivity contribution in [1.82, 2.24) is 24.7 Å². The number of nitrogens with zero attached hydrogens (tertiary/aromatic N) is 7. The molecule has 0 saturated carbocycles. The number of fused-ring (bicyclic) bond motifs is 1. The van der Waals surface area contributed by atoms with E-state index in [1.807, 2.05) is 24.4 Å². The number of anilines is 2. The summed E-state index contributed by atoms with van der Waals surface area (Å²) in [5.41, 5.74) is 1.52. The highest BCUT2D eigenvalue weighted by Crippen LogP contribution is 2.33. The van der Waals surface area contributed by atoms with Crippen molar-refractivity contribution in [3.8, 4) is 0 Å². The molecule has 4 rings (SSSR count). The highest BCUT2D eigenvalue weighted by molar-refractivity contribution is 8.00. The molecular weight excluding hydrogens is 346 g/mol. The van der Waals surface area contributed by atoms with E-state index in [4.69, 9.17) is 0 Å². The molecule has 1 aliphatic rings. The van der Waals surface area contributed by atoms with Crippen LogP contribution in [0.3, 0.4) is 0 Å². The average molecular weight is 361 g/mol. The Morgan fingerprint density at radius 1 is 1.29 bits per heavy atom. The fourth-order valence-electron chi connectivity index (χ4n) is 2.71. The van der Waals surface area contributed by atoms with Crippen molar-refractivity contribution in [3.05, 3.63) is 18.7 Å². The summed E-state index contributed by atoms with van der Waals surface area (Å²) in [4.78, 5) is 29.4. The second kappa shape index (κ2) is 6.02. The van der Waals surface area contributed by atoms with Gasteiger partial charge in [0.1, 0.15) is 11.0 Å². The molecule has 124 valence electrons. The van der Waals surface area contributed by atoms with Crippen molar-refractivity contribution < 1.29 is 4.79 Å². The molecule has 0 unspecified atom stereocenters. The van der Waals surface area contributed by atoms with E-state index in [0.717, 1.165) is 20.5 Å². The predicted molar refractivity (Wildman–Crippen MR) is 94.8 cm³/mol. The maximum atomic E-state index is 12.6. The Hall–Kier alpha value is -2.20. The van der Waals surface area contributed by atoms with Gasteiger partial charge in [0.2, 0.25) is 5.91 Å². The van der Waals surface area contributed by atoms with Crippen molar-refractivity contribution in [3.63, 3.8) is 0 Å². The van der Waals surface area contributed by atoms with Gasteiger partial charge in [0, 0.05) is 26.3 Å². The Morgan fingerprint density at radius 3 is 2.88 bits per heavy atom. The van der Waals surface area contributed by atoms with Gasteiger partial charge in [-0.25, -0.2) is 15.0 Å². The van der Waals surface area contributed by atoms with Gasteiger partial charge in [-0.05, 0) is 6.26 Å². The summed E-state index contributed by atoms with van der Waals surface area (Å²) in [6.07, 6.45) is 7.06. The van der Waals surface area contributed by atoms with Gasteiger partial charge in [0.25, 0.3) is 0 Å². The minimum atomic E-state index is 0.0376. The molecule has 8 nitrogen and oxygen atoms in total. The number of carbonyl (C=O) groups excluding carboxylic acids is 1. The molecule has 0 radical (unpaired) electrons. The molecule has 0 aromatic carbocycles. The Bertz CT molecular complexity index is 906. The minimum absolute atomic E-state index is 0.0376. The summed E-state index contributed by atoms with van der Waals surface area (Å²) in [6.45, 7) is 1.59. The van der Waals surface area contributed by atoms with Gasteiger partial charge < -0.3 is 9.80 Å². The molecule has 0 aliphatic carbocycles. The van der Waals surface area contributed by atoms with Gasteiger partial charge in [0.05, 0.1) is 18.4 Å². The van der Waals surface area contributed by atoms with Crippen LogP contribution in [0.15, 0.2) is 23.1 Å². The molecule has 10 heteroatoms. The number of thioether (sulfide) groups is 1. The molecule has 1 fully saturated rings. The lowest BCUT2D eigenvalue weighted by atomic mass is 10.3. The van der Waals surface area contributed by atoms with Crippen LogP contribution in [0.5, 0.6) is 0 Å². The Kier molecular flexibility index (Phi) is 3.85. The third-order valence-corrected chi connectivity index (χ3v) is 5.88. The highest BCUT2D eigenvalue weighted by Gasteiger charge is 2.28. The second-order valence-corrected chi connectivity index (χ2v) is 7.43. The van der Waals surface area contributed by atoms with Crippen LogP contribution in [-0.2, 0) is 11.8 Å². The lowest BCUT2D eigenvalue weighted by molar-refractivity contribution is -0.117. The van der Waals surface area contributed by atoms with Gasteiger partial charge in [-0.3, -0.25) is 9.48 Å². The van der Waals surface area contributed by atoms with Crippen molar-refractivity contribution in [1.29, 1.82) is 0 Å². The molecule has 0 atom stereocenters. The molecule has 24 heavy (non-hydrogen) atoms. The Labute approximate surface area is 146 Å². The summed E-state index contributed by atoms with van der Waals surface area (Å²) in [6, 6.07) is 0. The van der Waals surface area contributed by atoms with E-state index < -0.39 is 0 Å². The Morgan fingerprint density at radius 2 is 2.17 bits per heavy atom. The zero-order valence-corrected chi connectivity index (χ0v) is 14.8.